The summed E-state index contributed by atoms with van der Waals surface area (Å²) < 4.78 is 7.97. The number of ether oxygens (including phenoxy) is 1. The van der Waals surface area contributed by atoms with Gasteiger partial charge in [0.2, 0.25) is 0 Å². The predicted octanol–water partition coefficient (Wildman–Crippen LogP) is 3.47. The first-order chi connectivity index (χ1) is 11.7. The number of nitrogens with zero attached hydrogens (tertiary/aromatic N) is 3. The van der Waals surface area contributed by atoms with Crippen LogP contribution in [-0.4, -0.2) is 27.5 Å². The minimum absolute atomic E-state index is 0.0763. The van der Waals surface area contributed by atoms with Crippen LogP contribution in [0.3, 0.4) is 0 Å². The third-order valence-corrected chi connectivity index (χ3v) is 5.45. The van der Waals surface area contributed by atoms with E-state index in [2.05, 4.69) is 52.9 Å². The summed E-state index contributed by atoms with van der Waals surface area (Å²) in [4.78, 5) is 0. The molecule has 1 saturated heterocycles. The first-order valence-corrected chi connectivity index (χ1v) is 9.64. The van der Waals surface area contributed by atoms with Crippen LogP contribution in [0.4, 0.5) is 0 Å². The average molecular weight is 347 g/mol. The standard InChI is InChI=1S/C18H26N4OS/c1-3-16(19)17-20-21-18(22(17)11-15-5-4-10-23-15)24-12-14-8-6-13(2)7-9-14/h6-9,15-16H,3-5,10-12,19H2,1-2H3. The lowest BCUT2D eigenvalue weighted by molar-refractivity contribution is 0.0938. The molecule has 3 rings (SSSR count). The van der Waals surface area contributed by atoms with Crippen molar-refractivity contribution in [3.63, 3.8) is 0 Å². The normalized spacial score (nSPS) is 18.9. The summed E-state index contributed by atoms with van der Waals surface area (Å²) in [7, 11) is 0. The fourth-order valence-electron chi connectivity index (χ4n) is 2.86. The van der Waals surface area contributed by atoms with E-state index < -0.39 is 0 Å². The lowest BCUT2D eigenvalue weighted by Gasteiger charge is -2.17. The summed E-state index contributed by atoms with van der Waals surface area (Å²) >= 11 is 1.72. The van der Waals surface area contributed by atoms with Crippen molar-refractivity contribution in [2.75, 3.05) is 6.61 Å². The SMILES string of the molecule is CCC(N)c1nnc(SCc2ccc(C)cc2)n1CC1CCCO1. The third kappa shape index (κ3) is 4.18. The molecule has 2 aromatic rings. The summed E-state index contributed by atoms with van der Waals surface area (Å²) in [5.41, 5.74) is 8.80. The van der Waals surface area contributed by atoms with Gasteiger partial charge in [0.05, 0.1) is 18.7 Å². The molecule has 0 radical (unpaired) electrons. The second-order valence-electron chi connectivity index (χ2n) is 6.38. The molecule has 24 heavy (non-hydrogen) atoms. The molecule has 130 valence electrons. The van der Waals surface area contributed by atoms with Gasteiger partial charge in [-0.3, -0.25) is 0 Å². The average Bonchev–Trinajstić information content (AvgIpc) is 3.24. The molecular weight excluding hydrogens is 320 g/mol. The van der Waals surface area contributed by atoms with Crippen molar-refractivity contribution >= 4 is 11.8 Å². The largest absolute Gasteiger partial charge is 0.376 e. The number of nitrogens with two attached hydrogens (primary N) is 1. The molecule has 0 bridgehead atoms. The van der Waals surface area contributed by atoms with Gasteiger partial charge in [-0.2, -0.15) is 0 Å². The summed E-state index contributed by atoms with van der Waals surface area (Å²) in [6.07, 6.45) is 3.34. The van der Waals surface area contributed by atoms with Crippen LogP contribution < -0.4 is 5.73 Å². The molecular formula is C18H26N4OS. The van der Waals surface area contributed by atoms with E-state index >= 15 is 0 Å². The minimum Gasteiger partial charge on any atom is -0.376 e. The summed E-state index contributed by atoms with van der Waals surface area (Å²) in [5.74, 6) is 1.75. The minimum atomic E-state index is -0.0763. The van der Waals surface area contributed by atoms with Gasteiger partial charge in [-0.15, -0.1) is 10.2 Å². The number of benzene rings is 1. The van der Waals surface area contributed by atoms with Crippen molar-refractivity contribution in [1.82, 2.24) is 14.8 Å². The Kier molecular flexibility index (Phi) is 5.92. The van der Waals surface area contributed by atoms with Crippen molar-refractivity contribution < 1.29 is 4.74 Å². The molecule has 6 heteroatoms. The fraction of sp³-hybridized carbons (Fsp3) is 0.556. The molecule has 1 aliphatic heterocycles. The zero-order chi connectivity index (χ0) is 16.9. The first-order valence-electron chi connectivity index (χ1n) is 8.66. The molecule has 2 N–H and O–H groups in total. The van der Waals surface area contributed by atoms with E-state index in [0.717, 1.165) is 49.1 Å². The zero-order valence-corrected chi connectivity index (χ0v) is 15.3. The molecule has 1 aromatic heterocycles. The van der Waals surface area contributed by atoms with Gasteiger partial charge in [0.25, 0.3) is 0 Å². The zero-order valence-electron chi connectivity index (χ0n) is 14.4. The second kappa shape index (κ2) is 8.14. The van der Waals surface area contributed by atoms with E-state index in [1.807, 2.05) is 0 Å². The van der Waals surface area contributed by atoms with Crippen LogP contribution in [0.1, 0.15) is 49.2 Å². The Morgan fingerprint density at radius 1 is 1.33 bits per heavy atom. The van der Waals surface area contributed by atoms with Crippen molar-refractivity contribution in [3.05, 3.63) is 41.2 Å². The van der Waals surface area contributed by atoms with Gasteiger partial charge in [0.15, 0.2) is 11.0 Å². The highest BCUT2D eigenvalue weighted by Crippen LogP contribution is 2.26. The molecule has 1 aliphatic rings. The van der Waals surface area contributed by atoms with Gasteiger partial charge in [-0.05, 0) is 31.7 Å². The number of thioether (sulfide) groups is 1. The van der Waals surface area contributed by atoms with Crippen LogP contribution in [0.5, 0.6) is 0 Å². The quantitative estimate of drug-likeness (QED) is 0.778. The van der Waals surface area contributed by atoms with Crippen LogP contribution in [-0.2, 0) is 17.0 Å². The Balaban J connectivity index is 1.75. The number of aromatic nitrogens is 3. The van der Waals surface area contributed by atoms with E-state index in [0.29, 0.717) is 0 Å². The van der Waals surface area contributed by atoms with Gasteiger partial charge in [-0.25, -0.2) is 0 Å². The molecule has 0 spiro atoms. The maximum absolute atomic E-state index is 6.23. The van der Waals surface area contributed by atoms with Gasteiger partial charge >= 0.3 is 0 Å². The van der Waals surface area contributed by atoms with E-state index in [1.54, 1.807) is 11.8 Å². The van der Waals surface area contributed by atoms with Gasteiger partial charge in [0.1, 0.15) is 0 Å². The highest BCUT2D eigenvalue weighted by atomic mass is 32.2. The van der Waals surface area contributed by atoms with Crippen LogP contribution in [0.2, 0.25) is 0 Å². The topological polar surface area (TPSA) is 66.0 Å². The molecule has 1 aromatic carbocycles. The molecule has 0 aliphatic carbocycles. The molecule has 5 nitrogen and oxygen atoms in total. The van der Waals surface area contributed by atoms with Crippen LogP contribution in [0.15, 0.2) is 29.4 Å². The Morgan fingerprint density at radius 2 is 2.12 bits per heavy atom. The van der Waals surface area contributed by atoms with E-state index in [9.17, 15) is 0 Å². The van der Waals surface area contributed by atoms with E-state index in [-0.39, 0.29) is 12.1 Å². The molecule has 2 atom stereocenters. The van der Waals surface area contributed by atoms with Crippen LogP contribution in [0, 0.1) is 6.92 Å². The lowest BCUT2D eigenvalue weighted by atomic mass is 10.2. The van der Waals surface area contributed by atoms with Crippen LogP contribution >= 0.6 is 11.8 Å². The lowest BCUT2D eigenvalue weighted by Crippen LogP contribution is -2.22. The maximum Gasteiger partial charge on any atom is 0.191 e. The third-order valence-electron chi connectivity index (χ3n) is 4.42. The summed E-state index contributed by atoms with van der Waals surface area (Å²) in [6, 6.07) is 8.55. The van der Waals surface area contributed by atoms with Crippen molar-refractivity contribution in [2.45, 2.75) is 62.7 Å². The monoisotopic (exact) mass is 346 g/mol. The van der Waals surface area contributed by atoms with E-state index in [4.69, 9.17) is 10.5 Å². The van der Waals surface area contributed by atoms with Gasteiger partial charge in [-0.1, -0.05) is 48.5 Å². The number of aryl methyl sites for hydroxylation is 1. The Bertz CT molecular complexity index is 650. The van der Waals surface area contributed by atoms with Crippen LogP contribution in [0.25, 0.3) is 0 Å². The number of hydrogen-bond acceptors (Lipinski definition) is 5. The Morgan fingerprint density at radius 3 is 2.79 bits per heavy atom. The molecule has 2 unspecified atom stereocenters. The van der Waals surface area contributed by atoms with Crippen molar-refractivity contribution in [3.8, 4) is 0 Å². The highest BCUT2D eigenvalue weighted by molar-refractivity contribution is 7.98. The molecule has 2 heterocycles. The number of hydrogen-bond donors (Lipinski definition) is 1. The van der Waals surface area contributed by atoms with Gasteiger partial charge in [0, 0.05) is 12.4 Å². The fourth-order valence-corrected chi connectivity index (χ4v) is 3.77. The predicted molar refractivity (Wildman–Crippen MR) is 97.0 cm³/mol. The molecule has 0 saturated carbocycles. The first kappa shape index (κ1) is 17.5. The smallest absolute Gasteiger partial charge is 0.191 e. The number of rotatable bonds is 7. The van der Waals surface area contributed by atoms with Crippen molar-refractivity contribution in [1.29, 1.82) is 0 Å². The Hall–Kier alpha value is -1.37. The van der Waals surface area contributed by atoms with Gasteiger partial charge < -0.3 is 15.0 Å². The second-order valence-corrected chi connectivity index (χ2v) is 7.32. The molecule has 1 fully saturated rings. The Labute approximate surface area is 148 Å². The van der Waals surface area contributed by atoms with Crippen molar-refractivity contribution in [2.24, 2.45) is 5.73 Å². The highest BCUT2D eigenvalue weighted by Gasteiger charge is 2.23. The molecule has 0 amide bonds. The van der Waals surface area contributed by atoms with E-state index in [1.165, 1.54) is 11.1 Å². The summed E-state index contributed by atoms with van der Waals surface area (Å²) in [5, 5.41) is 9.70. The maximum atomic E-state index is 6.23. The summed E-state index contributed by atoms with van der Waals surface area (Å²) in [6.45, 7) is 5.84.